The van der Waals surface area contributed by atoms with Crippen LogP contribution in [-0.2, 0) is 0 Å². The van der Waals surface area contributed by atoms with Crippen molar-refractivity contribution < 1.29 is 13.2 Å². The van der Waals surface area contributed by atoms with Crippen LogP contribution in [0.15, 0.2) is 34.8 Å². The van der Waals surface area contributed by atoms with Crippen LogP contribution < -0.4 is 0 Å². The van der Waals surface area contributed by atoms with Crippen molar-refractivity contribution in [2.75, 3.05) is 0 Å². The van der Waals surface area contributed by atoms with Gasteiger partial charge in [0.1, 0.15) is 22.6 Å². The first-order chi connectivity index (χ1) is 9.95. The molecule has 3 rings (SSSR count). The van der Waals surface area contributed by atoms with E-state index in [1.807, 2.05) is 0 Å². The molecule has 2 aromatic carbocycles. The van der Waals surface area contributed by atoms with Crippen LogP contribution >= 0.6 is 27.5 Å². The Balaban J connectivity index is 2.31. The molecule has 1 heterocycles. The van der Waals surface area contributed by atoms with Crippen molar-refractivity contribution in [3.8, 4) is 11.4 Å². The molecule has 0 saturated heterocycles. The van der Waals surface area contributed by atoms with E-state index in [9.17, 15) is 13.2 Å². The van der Waals surface area contributed by atoms with Crippen LogP contribution in [0, 0.1) is 17.5 Å². The Labute approximate surface area is 130 Å². The lowest BCUT2D eigenvalue weighted by atomic mass is 10.1. The molecule has 0 spiro atoms. The molecule has 0 unspecified atom stereocenters. The zero-order valence-electron chi connectivity index (χ0n) is 10.2. The fourth-order valence-electron chi connectivity index (χ4n) is 1.93. The number of rotatable bonds is 1. The van der Waals surface area contributed by atoms with E-state index >= 15 is 0 Å². The van der Waals surface area contributed by atoms with Crippen molar-refractivity contribution in [2.24, 2.45) is 0 Å². The van der Waals surface area contributed by atoms with Crippen LogP contribution in [0.3, 0.4) is 0 Å². The fourth-order valence-corrected chi connectivity index (χ4v) is 2.52. The molecule has 0 radical (unpaired) electrons. The van der Waals surface area contributed by atoms with Gasteiger partial charge in [-0.05, 0) is 18.2 Å². The second kappa shape index (κ2) is 5.27. The first-order valence-electron chi connectivity index (χ1n) is 5.73. The zero-order valence-corrected chi connectivity index (χ0v) is 12.5. The van der Waals surface area contributed by atoms with Crippen LogP contribution in [-0.4, -0.2) is 9.97 Å². The molecule has 0 aliphatic rings. The second-order valence-corrected chi connectivity index (χ2v) is 5.52. The van der Waals surface area contributed by atoms with Gasteiger partial charge in [-0.3, -0.25) is 0 Å². The highest BCUT2D eigenvalue weighted by Gasteiger charge is 2.18. The van der Waals surface area contributed by atoms with Crippen molar-refractivity contribution in [1.82, 2.24) is 9.97 Å². The van der Waals surface area contributed by atoms with Gasteiger partial charge in [0.2, 0.25) is 0 Å². The molecule has 0 saturated carbocycles. The van der Waals surface area contributed by atoms with Crippen LogP contribution in [0.4, 0.5) is 13.2 Å². The van der Waals surface area contributed by atoms with E-state index in [1.165, 1.54) is 0 Å². The van der Waals surface area contributed by atoms with Gasteiger partial charge in [0, 0.05) is 22.0 Å². The smallest absolute Gasteiger partial charge is 0.167 e. The molecule has 7 heteroatoms. The average Bonchev–Trinajstić information content (AvgIpc) is 2.36. The van der Waals surface area contributed by atoms with Gasteiger partial charge in [0.05, 0.1) is 11.1 Å². The molecule has 0 bridgehead atoms. The Morgan fingerprint density at radius 2 is 1.62 bits per heavy atom. The summed E-state index contributed by atoms with van der Waals surface area (Å²) in [5.41, 5.74) is -0.0947. The van der Waals surface area contributed by atoms with Crippen LogP contribution in [0.2, 0.25) is 5.15 Å². The summed E-state index contributed by atoms with van der Waals surface area (Å²) in [6.45, 7) is 0. The summed E-state index contributed by atoms with van der Waals surface area (Å²) in [6.07, 6.45) is 0. The fraction of sp³-hybridized carbons (Fsp3) is 0. The van der Waals surface area contributed by atoms with Gasteiger partial charge in [0.25, 0.3) is 0 Å². The van der Waals surface area contributed by atoms with Gasteiger partial charge in [-0.1, -0.05) is 27.5 Å². The van der Waals surface area contributed by atoms with Crippen molar-refractivity contribution in [3.63, 3.8) is 0 Å². The van der Waals surface area contributed by atoms with E-state index in [2.05, 4.69) is 25.9 Å². The third-order valence-corrected chi connectivity index (χ3v) is 3.62. The Hall–Kier alpha value is -1.66. The monoisotopic (exact) mass is 372 g/mol. The Morgan fingerprint density at radius 1 is 0.952 bits per heavy atom. The molecular formula is C14H5BrClF3N2. The maximum Gasteiger partial charge on any atom is 0.167 e. The summed E-state index contributed by atoms with van der Waals surface area (Å²) < 4.78 is 41.3. The summed E-state index contributed by atoms with van der Waals surface area (Å²) in [4.78, 5) is 7.98. The highest BCUT2D eigenvalue weighted by molar-refractivity contribution is 9.10. The minimum Gasteiger partial charge on any atom is -0.228 e. The minimum absolute atomic E-state index is 0.0608. The van der Waals surface area contributed by atoms with E-state index in [4.69, 9.17) is 11.6 Å². The number of aromatic nitrogens is 2. The number of hydrogen-bond acceptors (Lipinski definition) is 2. The highest BCUT2D eigenvalue weighted by atomic mass is 79.9. The van der Waals surface area contributed by atoms with Crippen molar-refractivity contribution in [3.05, 3.63) is 57.4 Å². The van der Waals surface area contributed by atoms with Gasteiger partial charge in [0.15, 0.2) is 5.82 Å². The summed E-state index contributed by atoms with van der Waals surface area (Å²) in [5, 5.41) is 0.608. The number of halogens is 5. The third kappa shape index (κ3) is 2.61. The highest BCUT2D eigenvalue weighted by Crippen LogP contribution is 2.29. The van der Waals surface area contributed by atoms with Crippen molar-refractivity contribution >= 4 is 38.4 Å². The van der Waals surface area contributed by atoms with E-state index < -0.39 is 23.0 Å². The minimum atomic E-state index is -1.09. The second-order valence-electron chi connectivity index (χ2n) is 4.24. The average molecular weight is 374 g/mol. The van der Waals surface area contributed by atoms with E-state index in [0.29, 0.717) is 23.0 Å². The Morgan fingerprint density at radius 3 is 2.29 bits per heavy atom. The largest absolute Gasteiger partial charge is 0.228 e. The SMILES string of the molecule is Fc1cc(F)c(-c2nc(Cl)c3ccc(Br)cc3n2)c(F)c1. The molecule has 21 heavy (non-hydrogen) atoms. The predicted molar refractivity (Wildman–Crippen MR) is 77.6 cm³/mol. The maximum atomic E-state index is 13.8. The molecule has 0 N–H and O–H groups in total. The number of nitrogens with zero attached hydrogens (tertiary/aromatic N) is 2. The van der Waals surface area contributed by atoms with Crippen LogP contribution in [0.25, 0.3) is 22.3 Å². The van der Waals surface area contributed by atoms with Crippen molar-refractivity contribution in [2.45, 2.75) is 0 Å². The summed E-state index contributed by atoms with van der Waals surface area (Å²) >= 11 is 9.29. The summed E-state index contributed by atoms with van der Waals surface area (Å²) in [7, 11) is 0. The molecule has 0 fully saturated rings. The normalized spacial score (nSPS) is 11.1. The molecule has 1 aromatic heterocycles. The number of fused-ring (bicyclic) bond motifs is 1. The van der Waals surface area contributed by atoms with Gasteiger partial charge in [-0.15, -0.1) is 0 Å². The van der Waals surface area contributed by atoms with E-state index in [1.54, 1.807) is 18.2 Å². The maximum absolute atomic E-state index is 13.8. The molecule has 0 amide bonds. The molecular weight excluding hydrogens is 369 g/mol. The van der Waals surface area contributed by atoms with Crippen LogP contribution in [0.1, 0.15) is 0 Å². The first kappa shape index (κ1) is 14.3. The number of benzene rings is 2. The van der Waals surface area contributed by atoms with Gasteiger partial charge in [-0.25, -0.2) is 23.1 Å². The Bertz CT molecular complexity index is 847. The van der Waals surface area contributed by atoms with E-state index in [-0.39, 0.29) is 11.0 Å². The Kier molecular flexibility index (Phi) is 3.59. The van der Waals surface area contributed by atoms with Gasteiger partial charge < -0.3 is 0 Å². The third-order valence-electron chi connectivity index (χ3n) is 2.84. The molecule has 2 nitrogen and oxygen atoms in total. The van der Waals surface area contributed by atoms with Gasteiger partial charge >= 0.3 is 0 Å². The lowest BCUT2D eigenvalue weighted by Gasteiger charge is -2.07. The lowest BCUT2D eigenvalue weighted by Crippen LogP contribution is -1.98. The van der Waals surface area contributed by atoms with Crippen LogP contribution in [0.5, 0.6) is 0 Å². The predicted octanol–water partition coefficient (Wildman–Crippen LogP) is 5.13. The zero-order chi connectivity index (χ0) is 15.1. The topological polar surface area (TPSA) is 25.8 Å². The quantitative estimate of drug-likeness (QED) is 0.553. The number of hydrogen-bond donors (Lipinski definition) is 0. The molecule has 106 valence electrons. The van der Waals surface area contributed by atoms with E-state index in [0.717, 1.165) is 4.47 Å². The first-order valence-corrected chi connectivity index (χ1v) is 6.90. The molecule has 0 atom stereocenters. The van der Waals surface area contributed by atoms with Gasteiger partial charge in [-0.2, -0.15) is 0 Å². The lowest BCUT2D eigenvalue weighted by molar-refractivity contribution is 0.547. The standard InChI is InChI=1S/C14H5BrClF3N2/c15-6-1-2-8-11(3-6)20-14(21-13(8)16)12-9(18)4-7(17)5-10(12)19/h1-5H. The molecule has 0 aliphatic carbocycles. The molecule has 0 aliphatic heterocycles. The van der Waals surface area contributed by atoms with Crippen molar-refractivity contribution in [1.29, 1.82) is 0 Å². The summed E-state index contributed by atoms with van der Waals surface area (Å²) in [5.74, 6) is -3.42. The molecule has 3 aromatic rings. The summed E-state index contributed by atoms with van der Waals surface area (Å²) in [6, 6.07) is 6.21.